The summed E-state index contributed by atoms with van der Waals surface area (Å²) in [5.41, 5.74) is 5.84. The number of hydrogen-bond acceptors (Lipinski definition) is 1. The molecule has 0 fully saturated rings. The maximum absolute atomic E-state index is 13.0. The van der Waals surface area contributed by atoms with E-state index in [1.54, 1.807) is 0 Å². The molecule has 1 rings (SSSR count). The van der Waals surface area contributed by atoms with Gasteiger partial charge in [-0.2, -0.15) is 0 Å². The zero-order valence-electron chi connectivity index (χ0n) is 7.28. The van der Waals surface area contributed by atoms with Gasteiger partial charge in [-0.25, -0.2) is 4.39 Å². The molecule has 0 aromatic heterocycles. The van der Waals surface area contributed by atoms with Crippen molar-refractivity contribution in [1.29, 1.82) is 0 Å². The van der Waals surface area contributed by atoms with Gasteiger partial charge in [0.05, 0.1) is 10.7 Å². The second kappa shape index (κ2) is 5.23. The Morgan fingerprint density at radius 1 is 1.50 bits per heavy atom. The Hall–Kier alpha value is -0.720. The zero-order chi connectivity index (χ0) is 10.6. The monoisotopic (exact) mass is 275 g/mol. The van der Waals surface area contributed by atoms with E-state index in [0.29, 0.717) is 17.0 Å². The molecule has 1 aromatic rings. The van der Waals surface area contributed by atoms with Gasteiger partial charge in [0.1, 0.15) is 5.82 Å². The number of halogens is 3. The van der Waals surface area contributed by atoms with E-state index in [-0.39, 0.29) is 5.69 Å². The smallest absolute Gasteiger partial charge is 0.147 e. The molecule has 0 aliphatic rings. The van der Waals surface area contributed by atoms with Gasteiger partial charge in [-0.15, -0.1) is 0 Å². The second-order valence-electron chi connectivity index (χ2n) is 2.59. The maximum atomic E-state index is 13.0. The molecule has 0 saturated heterocycles. The van der Waals surface area contributed by atoms with E-state index in [4.69, 9.17) is 17.3 Å². The molecule has 0 atom stereocenters. The summed E-state index contributed by atoms with van der Waals surface area (Å²) >= 11 is 9.06. The van der Waals surface area contributed by atoms with Crippen molar-refractivity contribution >= 4 is 33.2 Å². The number of hydrogen-bond donors (Lipinski definition) is 1. The topological polar surface area (TPSA) is 26.0 Å². The highest BCUT2D eigenvalue weighted by Gasteiger charge is 2.03. The van der Waals surface area contributed by atoms with Crippen molar-refractivity contribution in [3.05, 3.63) is 28.5 Å². The maximum Gasteiger partial charge on any atom is 0.147 e. The van der Waals surface area contributed by atoms with Crippen molar-refractivity contribution in [2.45, 2.75) is 6.42 Å². The van der Waals surface area contributed by atoms with Gasteiger partial charge in [-0.3, -0.25) is 0 Å². The lowest BCUT2D eigenvalue weighted by Gasteiger charge is -1.99. The molecule has 0 heterocycles. The molecule has 1 nitrogen and oxygen atoms in total. The molecule has 0 spiro atoms. The Labute approximate surface area is 95.6 Å². The first-order valence-corrected chi connectivity index (χ1v) is 5.44. The standard InChI is InChI=1S/C10H8BrClFN/c11-4-2-1-3-7-5-9(13)10(14)6-8(7)12/h5-6H,2,4,14H2. The Morgan fingerprint density at radius 2 is 2.21 bits per heavy atom. The lowest BCUT2D eigenvalue weighted by molar-refractivity contribution is 0.632. The minimum Gasteiger partial charge on any atom is -0.396 e. The number of benzene rings is 1. The molecular weight excluding hydrogens is 268 g/mol. The molecule has 0 amide bonds. The average Bonchev–Trinajstić information content (AvgIpc) is 2.14. The SMILES string of the molecule is Nc1cc(Cl)c(C#CCCBr)cc1F. The van der Waals surface area contributed by atoms with E-state index in [2.05, 4.69) is 27.8 Å². The molecule has 0 saturated carbocycles. The largest absolute Gasteiger partial charge is 0.396 e. The van der Waals surface area contributed by atoms with Crippen LogP contribution in [0.5, 0.6) is 0 Å². The Kier molecular flexibility index (Phi) is 4.24. The lowest BCUT2D eigenvalue weighted by Crippen LogP contribution is -1.91. The fourth-order valence-corrected chi connectivity index (χ4v) is 1.28. The van der Waals surface area contributed by atoms with Crippen LogP contribution in [0.3, 0.4) is 0 Å². The van der Waals surface area contributed by atoms with Crippen molar-refractivity contribution in [2.75, 3.05) is 11.1 Å². The van der Waals surface area contributed by atoms with Gasteiger partial charge in [0.2, 0.25) is 0 Å². The van der Waals surface area contributed by atoms with Gasteiger partial charge in [-0.05, 0) is 12.1 Å². The molecule has 4 heteroatoms. The second-order valence-corrected chi connectivity index (χ2v) is 3.79. The van der Waals surface area contributed by atoms with Crippen LogP contribution in [-0.4, -0.2) is 5.33 Å². The van der Waals surface area contributed by atoms with Gasteiger partial charge in [0.25, 0.3) is 0 Å². The third-order valence-corrected chi connectivity index (χ3v) is 2.24. The highest BCUT2D eigenvalue weighted by molar-refractivity contribution is 9.09. The number of nitrogen functional groups attached to an aromatic ring is 1. The molecule has 74 valence electrons. The van der Waals surface area contributed by atoms with Gasteiger partial charge in [0, 0.05) is 17.3 Å². The van der Waals surface area contributed by atoms with Gasteiger partial charge < -0.3 is 5.73 Å². The minimum atomic E-state index is -0.488. The van der Waals surface area contributed by atoms with Crippen molar-refractivity contribution in [3.8, 4) is 11.8 Å². The van der Waals surface area contributed by atoms with Gasteiger partial charge in [-0.1, -0.05) is 39.4 Å². The molecule has 1 aromatic carbocycles. The fourth-order valence-electron chi connectivity index (χ4n) is 0.863. The first-order chi connectivity index (χ1) is 6.65. The first-order valence-electron chi connectivity index (χ1n) is 3.94. The summed E-state index contributed by atoms with van der Waals surface area (Å²) in [6.45, 7) is 0. The van der Waals surface area contributed by atoms with E-state index in [1.807, 2.05) is 0 Å². The first kappa shape index (κ1) is 11.4. The predicted octanol–water partition coefficient (Wildman–Crippen LogP) is 3.20. The molecule has 0 aliphatic heterocycles. The van der Waals surface area contributed by atoms with Crippen molar-refractivity contribution < 1.29 is 4.39 Å². The van der Waals surface area contributed by atoms with E-state index in [1.165, 1.54) is 12.1 Å². The van der Waals surface area contributed by atoms with Crippen molar-refractivity contribution in [3.63, 3.8) is 0 Å². The quantitative estimate of drug-likeness (QED) is 0.476. The van der Waals surface area contributed by atoms with Crippen LogP contribution in [0.15, 0.2) is 12.1 Å². The number of alkyl halides is 1. The molecule has 0 bridgehead atoms. The van der Waals surface area contributed by atoms with Crippen LogP contribution in [0.2, 0.25) is 5.02 Å². The zero-order valence-corrected chi connectivity index (χ0v) is 9.62. The summed E-state index contributed by atoms with van der Waals surface area (Å²) in [5.74, 6) is 5.14. The third-order valence-electron chi connectivity index (χ3n) is 1.53. The summed E-state index contributed by atoms with van der Waals surface area (Å²) in [6.07, 6.45) is 0.697. The molecule has 14 heavy (non-hydrogen) atoms. The molecule has 2 N–H and O–H groups in total. The highest BCUT2D eigenvalue weighted by atomic mass is 79.9. The molecule has 0 aliphatic carbocycles. The van der Waals surface area contributed by atoms with Gasteiger partial charge in [0.15, 0.2) is 0 Å². The number of rotatable bonds is 1. The van der Waals surface area contributed by atoms with E-state index < -0.39 is 5.82 Å². The molecule has 0 radical (unpaired) electrons. The Balaban J connectivity index is 3.00. The van der Waals surface area contributed by atoms with E-state index in [9.17, 15) is 4.39 Å². The van der Waals surface area contributed by atoms with E-state index >= 15 is 0 Å². The summed E-state index contributed by atoms with van der Waals surface area (Å²) in [4.78, 5) is 0. The van der Waals surface area contributed by atoms with Crippen molar-refractivity contribution in [2.24, 2.45) is 0 Å². The van der Waals surface area contributed by atoms with Crippen LogP contribution >= 0.6 is 27.5 Å². The molecule has 0 unspecified atom stereocenters. The van der Waals surface area contributed by atoms with Crippen LogP contribution in [0, 0.1) is 17.7 Å². The van der Waals surface area contributed by atoms with Crippen molar-refractivity contribution in [1.82, 2.24) is 0 Å². The summed E-state index contributed by atoms with van der Waals surface area (Å²) in [7, 11) is 0. The molecular formula is C10H8BrClFN. The minimum absolute atomic E-state index is 0.0426. The Bertz CT molecular complexity index is 395. The van der Waals surface area contributed by atoms with Crippen LogP contribution in [-0.2, 0) is 0 Å². The summed E-state index contributed by atoms with van der Waals surface area (Å²) in [6, 6.07) is 2.62. The van der Waals surface area contributed by atoms with Crippen LogP contribution < -0.4 is 5.73 Å². The van der Waals surface area contributed by atoms with Crippen LogP contribution in [0.1, 0.15) is 12.0 Å². The van der Waals surface area contributed by atoms with Crippen LogP contribution in [0.25, 0.3) is 0 Å². The Morgan fingerprint density at radius 3 is 2.86 bits per heavy atom. The number of nitrogens with two attached hydrogens (primary N) is 1. The summed E-state index contributed by atoms with van der Waals surface area (Å²) < 4.78 is 13.0. The normalized spacial score (nSPS) is 9.36. The van der Waals surface area contributed by atoms with E-state index in [0.717, 1.165) is 5.33 Å². The van der Waals surface area contributed by atoms with Crippen LogP contribution in [0.4, 0.5) is 10.1 Å². The fraction of sp³-hybridized carbons (Fsp3) is 0.200. The summed E-state index contributed by atoms with van der Waals surface area (Å²) in [5, 5.41) is 1.17. The highest BCUT2D eigenvalue weighted by Crippen LogP contribution is 2.21. The lowest BCUT2D eigenvalue weighted by atomic mass is 10.2. The predicted molar refractivity (Wildman–Crippen MR) is 61.1 cm³/mol. The average molecular weight is 277 g/mol. The number of anilines is 1. The third kappa shape index (κ3) is 2.90. The van der Waals surface area contributed by atoms with Gasteiger partial charge >= 0.3 is 0 Å².